The minimum atomic E-state index is -0.165. The van der Waals surface area contributed by atoms with Gasteiger partial charge in [-0.15, -0.1) is 0 Å². The first-order valence-electron chi connectivity index (χ1n) is 9.44. The van der Waals surface area contributed by atoms with Crippen LogP contribution >= 0.6 is 0 Å². The zero-order chi connectivity index (χ0) is 19.2. The fraction of sp³-hybridized carbons (Fsp3) is 0.400. The number of benzene rings is 1. The van der Waals surface area contributed by atoms with E-state index in [9.17, 15) is 4.79 Å². The maximum absolute atomic E-state index is 12.5. The van der Waals surface area contributed by atoms with Gasteiger partial charge in [0.05, 0.1) is 24.5 Å². The fourth-order valence-corrected chi connectivity index (χ4v) is 3.18. The molecular formula is C20H24N4O4. The van der Waals surface area contributed by atoms with Crippen LogP contribution in [0.1, 0.15) is 15.9 Å². The van der Waals surface area contributed by atoms with Crippen LogP contribution in [-0.2, 0) is 11.3 Å². The highest BCUT2D eigenvalue weighted by Gasteiger charge is 2.14. The summed E-state index contributed by atoms with van der Waals surface area (Å²) in [6.07, 6.45) is 3.30. The highest BCUT2D eigenvalue weighted by molar-refractivity contribution is 5.94. The number of nitrogens with one attached hydrogen (secondary N) is 2. The first-order valence-corrected chi connectivity index (χ1v) is 9.44. The average Bonchev–Trinajstić information content (AvgIpc) is 3.21. The Bertz CT molecular complexity index is 824. The van der Waals surface area contributed by atoms with E-state index in [0.29, 0.717) is 17.9 Å². The summed E-state index contributed by atoms with van der Waals surface area (Å²) in [7, 11) is 0. The van der Waals surface area contributed by atoms with Gasteiger partial charge in [-0.05, 0) is 23.8 Å². The van der Waals surface area contributed by atoms with Gasteiger partial charge >= 0.3 is 0 Å². The molecule has 4 rings (SSSR count). The number of carbonyl (C=O) groups is 1. The number of morpholine rings is 1. The standard InChI is InChI=1S/C20H24N4O4/c25-20(23-11-15-1-2-18-19(9-15)28-14-27-18)16-10-17(13-21-12-16)22-3-4-24-5-7-26-8-6-24/h1-2,9-10,12-13,22H,3-8,11,14H2,(H,23,25). The van der Waals surface area contributed by atoms with E-state index in [1.807, 2.05) is 24.3 Å². The van der Waals surface area contributed by atoms with E-state index in [-0.39, 0.29) is 12.7 Å². The van der Waals surface area contributed by atoms with Crippen molar-refractivity contribution in [1.82, 2.24) is 15.2 Å². The van der Waals surface area contributed by atoms with Crippen LogP contribution in [0, 0.1) is 0 Å². The number of hydrogen-bond donors (Lipinski definition) is 2. The van der Waals surface area contributed by atoms with Gasteiger partial charge in [0.1, 0.15) is 0 Å². The third-order valence-electron chi connectivity index (χ3n) is 4.75. The van der Waals surface area contributed by atoms with Crippen molar-refractivity contribution in [3.8, 4) is 11.5 Å². The summed E-state index contributed by atoms with van der Waals surface area (Å²) in [6, 6.07) is 7.46. The van der Waals surface area contributed by atoms with Crippen LogP contribution in [0.4, 0.5) is 5.69 Å². The quantitative estimate of drug-likeness (QED) is 0.748. The molecule has 2 aliphatic heterocycles. The maximum atomic E-state index is 12.5. The molecule has 1 fully saturated rings. The number of nitrogens with zero attached hydrogens (tertiary/aromatic N) is 2. The second kappa shape index (κ2) is 8.90. The molecule has 0 saturated carbocycles. The van der Waals surface area contributed by atoms with Crippen LogP contribution in [-0.4, -0.2) is 62.0 Å². The molecule has 2 aromatic rings. The number of amides is 1. The van der Waals surface area contributed by atoms with E-state index in [1.165, 1.54) is 0 Å². The van der Waals surface area contributed by atoms with Crippen molar-refractivity contribution < 1.29 is 19.0 Å². The summed E-state index contributed by atoms with van der Waals surface area (Å²) in [5.41, 5.74) is 2.31. The average molecular weight is 384 g/mol. The maximum Gasteiger partial charge on any atom is 0.253 e. The van der Waals surface area contributed by atoms with Crippen molar-refractivity contribution in [2.75, 3.05) is 51.5 Å². The molecule has 2 N–H and O–H groups in total. The van der Waals surface area contributed by atoms with Crippen molar-refractivity contribution in [3.63, 3.8) is 0 Å². The summed E-state index contributed by atoms with van der Waals surface area (Å²) in [4.78, 5) is 19.0. The van der Waals surface area contributed by atoms with Crippen molar-refractivity contribution in [1.29, 1.82) is 0 Å². The molecule has 1 amide bonds. The fourth-order valence-electron chi connectivity index (χ4n) is 3.18. The summed E-state index contributed by atoms with van der Waals surface area (Å²) in [6.45, 7) is 5.88. The second-order valence-electron chi connectivity index (χ2n) is 6.71. The zero-order valence-electron chi connectivity index (χ0n) is 15.6. The minimum absolute atomic E-state index is 0.165. The topological polar surface area (TPSA) is 85.0 Å². The number of fused-ring (bicyclic) bond motifs is 1. The van der Waals surface area contributed by atoms with E-state index in [1.54, 1.807) is 12.4 Å². The molecule has 0 spiro atoms. The number of rotatable bonds is 7. The van der Waals surface area contributed by atoms with Gasteiger partial charge in [-0.25, -0.2) is 0 Å². The molecule has 148 valence electrons. The van der Waals surface area contributed by atoms with Crippen molar-refractivity contribution in [2.45, 2.75) is 6.54 Å². The smallest absolute Gasteiger partial charge is 0.253 e. The molecule has 28 heavy (non-hydrogen) atoms. The van der Waals surface area contributed by atoms with E-state index in [4.69, 9.17) is 14.2 Å². The molecule has 8 heteroatoms. The van der Waals surface area contributed by atoms with Gasteiger partial charge in [0.15, 0.2) is 11.5 Å². The molecule has 8 nitrogen and oxygen atoms in total. The van der Waals surface area contributed by atoms with Crippen LogP contribution in [0.3, 0.4) is 0 Å². The predicted molar refractivity (Wildman–Crippen MR) is 104 cm³/mol. The first kappa shape index (κ1) is 18.5. The van der Waals surface area contributed by atoms with Gasteiger partial charge in [0.2, 0.25) is 6.79 Å². The number of hydrogen-bond acceptors (Lipinski definition) is 7. The van der Waals surface area contributed by atoms with E-state index in [0.717, 1.165) is 56.4 Å². The Morgan fingerprint density at radius 2 is 1.96 bits per heavy atom. The molecule has 0 radical (unpaired) electrons. The highest BCUT2D eigenvalue weighted by Crippen LogP contribution is 2.32. The van der Waals surface area contributed by atoms with Crippen molar-refractivity contribution >= 4 is 11.6 Å². The van der Waals surface area contributed by atoms with Gasteiger partial charge < -0.3 is 24.8 Å². The minimum Gasteiger partial charge on any atom is -0.454 e. The zero-order valence-corrected chi connectivity index (χ0v) is 15.6. The van der Waals surface area contributed by atoms with Crippen LogP contribution in [0.2, 0.25) is 0 Å². The SMILES string of the molecule is O=C(NCc1ccc2c(c1)OCO2)c1cncc(NCCN2CCOCC2)c1. The molecule has 1 saturated heterocycles. The molecule has 1 aromatic carbocycles. The van der Waals surface area contributed by atoms with Crippen molar-refractivity contribution in [2.24, 2.45) is 0 Å². The Morgan fingerprint density at radius 1 is 1.11 bits per heavy atom. The number of anilines is 1. The lowest BCUT2D eigenvalue weighted by atomic mass is 10.2. The molecular weight excluding hydrogens is 360 g/mol. The summed E-state index contributed by atoms with van der Waals surface area (Å²) >= 11 is 0. The molecule has 3 heterocycles. The van der Waals surface area contributed by atoms with Gasteiger partial charge in [0.25, 0.3) is 5.91 Å². The predicted octanol–water partition coefficient (Wildman–Crippen LogP) is 1.48. The lowest BCUT2D eigenvalue weighted by Crippen LogP contribution is -2.39. The molecule has 0 aliphatic carbocycles. The Hall–Kier alpha value is -2.84. The van der Waals surface area contributed by atoms with Crippen LogP contribution in [0.15, 0.2) is 36.7 Å². The van der Waals surface area contributed by atoms with Gasteiger partial charge in [-0.2, -0.15) is 0 Å². The van der Waals surface area contributed by atoms with Crippen LogP contribution < -0.4 is 20.1 Å². The monoisotopic (exact) mass is 384 g/mol. The summed E-state index contributed by atoms with van der Waals surface area (Å²) in [5, 5.41) is 6.25. The van der Waals surface area contributed by atoms with Crippen molar-refractivity contribution in [3.05, 3.63) is 47.8 Å². The summed E-state index contributed by atoms with van der Waals surface area (Å²) in [5.74, 6) is 1.28. The Labute approximate surface area is 163 Å². The Kier molecular flexibility index (Phi) is 5.89. The summed E-state index contributed by atoms with van der Waals surface area (Å²) < 4.78 is 16.0. The second-order valence-corrected chi connectivity index (χ2v) is 6.71. The third-order valence-corrected chi connectivity index (χ3v) is 4.75. The van der Waals surface area contributed by atoms with Gasteiger partial charge in [0, 0.05) is 45.1 Å². The first-order chi connectivity index (χ1) is 13.8. The number of carbonyl (C=O) groups excluding carboxylic acids is 1. The number of aromatic nitrogens is 1. The Morgan fingerprint density at radius 3 is 2.86 bits per heavy atom. The van der Waals surface area contributed by atoms with Crippen LogP contribution in [0.5, 0.6) is 11.5 Å². The third kappa shape index (κ3) is 4.71. The van der Waals surface area contributed by atoms with E-state index >= 15 is 0 Å². The van der Waals surface area contributed by atoms with Gasteiger partial charge in [-0.3, -0.25) is 14.7 Å². The Balaban J connectivity index is 1.27. The lowest BCUT2D eigenvalue weighted by molar-refractivity contribution is 0.0398. The molecule has 0 unspecified atom stereocenters. The molecule has 0 atom stereocenters. The van der Waals surface area contributed by atoms with Gasteiger partial charge in [-0.1, -0.05) is 6.07 Å². The van der Waals surface area contributed by atoms with Crippen LogP contribution in [0.25, 0.3) is 0 Å². The largest absolute Gasteiger partial charge is 0.454 e. The van der Waals surface area contributed by atoms with E-state index in [2.05, 4.69) is 20.5 Å². The number of pyridine rings is 1. The van der Waals surface area contributed by atoms with E-state index < -0.39 is 0 Å². The lowest BCUT2D eigenvalue weighted by Gasteiger charge is -2.26. The molecule has 1 aromatic heterocycles. The number of ether oxygens (including phenoxy) is 3. The molecule has 2 aliphatic rings. The normalized spacial score (nSPS) is 16.0. The molecule has 0 bridgehead atoms. The highest BCUT2D eigenvalue weighted by atomic mass is 16.7.